The van der Waals surface area contributed by atoms with Crippen LogP contribution in [-0.4, -0.2) is 38.8 Å². The van der Waals surface area contributed by atoms with Crippen LogP contribution >= 0.6 is 11.3 Å². The number of hydrogen-bond donors (Lipinski definition) is 1. The first-order chi connectivity index (χ1) is 11.7. The molecular weight excluding hydrogens is 322 g/mol. The summed E-state index contributed by atoms with van der Waals surface area (Å²) in [6.07, 6.45) is 4.30. The lowest BCUT2D eigenvalue weighted by Crippen LogP contribution is -2.37. The number of rotatable bonds is 3. The van der Waals surface area contributed by atoms with Crippen LogP contribution in [0.1, 0.15) is 16.8 Å². The second-order valence-electron chi connectivity index (χ2n) is 5.99. The van der Waals surface area contributed by atoms with Crippen LogP contribution in [0.5, 0.6) is 0 Å². The van der Waals surface area contributed by atoms with Crippen molar-refractivity contribution in [1.82, 2.24) is 19.9 Å². The summed E-state index contributed by atoms with van der Waals surface area (Å²) in [6, 6.07) is 6.10. The molecule has 2 aromatic heterocycles. The second-order valence-corrected chi connectivity index (χ2v) is 7.02. The van der Waals surface area contributed by atoms with Crippen molar-refractivity contribution < 1.29 is 4.79 Å². The molecule has 24 heavy (non-hydrogen) atoms. The van der Waals surface area contributed by atoms with Gasteiger partial charge in [0.25, 0.3) is 0 Å². The second kappa shape index (κ2) is 6.26. The first-order valence-corrected chi connectivity index (χ1v) is 8.66. The van der Waals surface area contributed by atoms with E-state index in [0.717, 1.165) is 28.9 Å². The highest BCUT2D eigenvalue weighted by Gasteiger charge is 2.20. The van der Waals surface area contributed by atoms with Gasteiger partial charge in [-0.2, -0.15) is 0 Å². The van der Waals surface area contributed by atoms with Crippen molar-refractivity contribution in [3.63, 3.8) is 0 Å². The SMILES string of the molecule is Cc1ccc2nc(NC(=O)CN3CCc4cncnc4C3)sc2c1. The molecule has 3 aromatic rings. The van der Waals surface area contributed by atoms with Crippen LogP contribution in [0.4, 0.5) is 5.13 Å². The molecule has 6 nitrogen and oxygen atoms in total. The summed E-state index contributed by atoms with van der Waals surface area (Å²) in [4.78, 5) is 27.2. The van der Waals surface area contributed by atoms with Gasteiger partial charge in [-0.1, -0.05) is 17.4 Å². The third-order valence-electron chi connectivity index (χ3n) is 4.11. The average molecular weight is 339 g/mol. The largest absolute Gasteiger partial charge is 0.301 e. The summed E-state index contributed by atoms with van der Waals surface area (Å²) >= 11 is 1.51. The minimum absolute atomic E-state index is 0.0386. The molecular formula is C17H17N5OS. The fourth-order valence-electron chi connectivity index (χ4n) is 2.89. The Labute approximate surface area is 143 Å². The third-order valence-corrected chi connectivity index (χ3v) is 5.04. The molecule has 7 heteroatoms. The first-order valence-electron chi connectivity index (χ1n) is 7.84. The van der Waals surface area contributed by atoms with Gasteiger partial charge in [0.1, 0.15) is 6.33 Å². The highest BCUT2D eigenvalue weighted by atomic mass is 32.1. The molecule has 0 atom stereocenters. The van der Waals surface area contributed by atoms with E-state index < -0.39 is 0 Å². The predicted octanol–water partition coefficient (Wildman–Crippen LogP) is 2.39. The van der Waals surface area contributed by atoms with Gasteiger partial charge in [0, 0.05) is 19.3 Å². The van der Waals surface area contributed by atoms with Gasteiger partial charge in [0.2, 0.25) is 5.91 Å². The molecule has 0 aliphatic carbocycles. The summed E-state index contributed by atoms with van der Waals surface area (Å²) in [7, 11) is 0. The van der Waals surface area contributed by atoms with Gasteiger partial charge in [0.15, 0.2) is 5.13 Å². The molecule has 0 saturated carbocycles. The molecule has 1 aliphatic heterocycles. The Morgan fingerprint density at radius 1 is 1.42 bits per heavy atom. The summed E-state index contributed by atoms with van der Waals surface area (Å²) < 4.78 is 1.09. The number of fused-ring (bicyclic) bond motifs is 2. The van der Waals surface area contributed by atoms with E-state index in [9.17, 15) is 4.79 Å². The summed E-state index contributed by atoms with van der Waals surface area (Å²) in [5.74, 6) is -0.0386. The molecule has 1 aromatic carbocycles. The molecule has 0 bridgehead atoms. The lowest BCUT2D eigenvalue weighted by atomic mass is 10.1. The summed E-state index contributed by atoms with van der Waals surface area (Å²) in [5, 5.41) is 3.57. The zero-order valence-corrected chi connectivity index (χ0v) is 14.1. The number of amides is 1. The van der Waals surface area contributed by atoms with E-state index in [1.807, 2.05) is 18.3 Å². The lowest BCUT2D eigenvalue weighted by molar-refractivity contribution is -0.117. The van der Waals surface area contributed by atoms with Crippen molar-refractivity contribution in [1.29, 1.82) is 0 Å². The van der Waals surface area contributed by atoms with Crippen molar-refractivity contribution in [2.24, 2.45) is 0 Å². The van der Waals surface area contributed by atoms with Gasteiger partial charge in [0.05, 0.1) is 22.5 Å². The van der Waals surface area contributed by atoms with E-state index in [1.54, 1.807) is 6.33 Å². The fourth-order valence-corrected chi connectivity index (χ4v) is 3.87. The Balaban J connectivity index is 1.41. The molecule has 122 valence electrons. The van der Waals surface area contributed by atoms with Crippen LogP contribution < -0.4 is 5.32 Å². The van der Waals surface area contributed by atoms with E-state index in [4.69, 9.17) is 0 Å². The fraction of sp³-hybridized carbons (Fsp3) is 0.294. The predicted molar refractivity (Wildman–Crippen MR) is 94.0 cm³/mol. The van der Waals surface area contributed by atoms with Gasteiger partial charge in [-0.3, -0.25) is 9.69 Å². The van der Waals surface area contributed by atoms with Crippen molar-refractivity contribution in [2.45, 2.75) is 19.9 Å². The summed E-state index contributed by atoms with van der Waals surface area (Å²) in [6.45, 7) is 3.92. The Bertz CT molecular complexity index is 907. The highest BCUT2D eigenvalue weighted by molar-refractivity contribution is 7.22. The quantitative estimate of drug-likeness (QED) is 0.793. The smallest absolute Gasteiger partial charge is 0.240 e. The maximum atomic E-state index is 12.3. The number of nitrogens with one attached hydrogen (secondary N) is 1. The van der Waals surface area contributed by atoms with Crippen LogP contribution in [0.2, 0.25) is 0 Å². The van der Waals surface area contributed by atoms with E-state index in [0.29, 0.717) is 18.2 Å². The van der Waals surface area contributed by atoms with Crippen molar-refractivity contribution in [3.8, 4) is 0 Å². The molecule has 0 radical (unpaired) electrons. The monoisotopic (exact) mass is 339 g/mol. The number of carbonyl (C=O) groups excluding carboxylic acids is 1. The molecule has 0 spiro atoms. The molecule has 0 saturated heterocycles. The highest BCUT2D eigenvalue weighted by Crippen LogP contribution is 2.26. The maximum absolute atomic E-state index is 12.3. The number of benzene rings is 1. The van der Waals surface area contributed by atoms with Crippen molar-refractivity contribution in [2.75, 3.05) is 18.4 Å². The van der Waals surface area contributed by atoms with Gasteiger partial charge in [-0.15, -0.1) is 0 Å². The van der Waals surface area contributed by atoms with E-state index in [2.05, 4.69) is 38.2 Å². The Hall–Kier alpha value is -2.38. The van der Waals surface area contributed by atoms with Gasteiger partial charge < -0.3 is 5.32 Å². The lowest BCUT2D eigenvalue weighted by Gasteiger charge is -2.26. The minimum atomic E-state index is -0.0386. The normalized spacial score (nSPS) is 14.5. The number of thiazole rings is 1. The molecule has 0 unspecified atom stereocenters. The first kappa shape index (κ1) is 15.2. The summed E-state index contributed by atoms with van der Waals surface area (Å²) in [5.41, 5.74) is 4.30. The standard InChI is InChI=1S/C17H17N5OS/c1-11-2-3-13-15(6-11)24-17(20-13)21-16(23)9-22-5-4-12-7-18-10-19-14(12)8-22/h2-3,6-7,10H,4-5,8-9H2,1H3,(H,20,21,23). The van der Waals surface area contributed by atoms with Crippen LogP contribution in [0.15, 0.2) is 30.7 Å². The van der Waals surface area contributed by atoms with E-state index in [-0.39, 0.29) is 5.91 Å². The van der Waals surface area contributed by atoms with Crippen molar-refractivity contribution in [3.05, 3.63) is 47.5 Å². The van der Waals surface area contributed by atoms with E-state index >= 15 is 0 Å². The van der Waals surface area contributed by atoms with Crippen LogP contribution in [0.25, 0.3) is 10.2 Å². The van der Waals surface area contributed by atoms with Crippen LogP contribution in [0, 0.1) is 6.92 Å². The Morgan fingerprint density at radius 2 is 2.33 bits per heavy atom. The number of anilines is 1. The van der Waals surface area contributed by atoms with Crippen molar-refractivity contribution >= 4 is 32.6 Å². The number of carbonyl (C=O) groups is 1. The molecule has 4 rings (SSSR count). The zero-order valence-electron chi connectivity index (χ0n) is 13.3. The number of aryl methyl sites for hydroxylation is 1. The molecule has 3 heterocycles. The molecule has 0 fully saturated rings. The third kappa shape index (κ3) is 3.13. The molecule has 1 amide bonds. The maximum Gasteiger partial charge on any atom is 0.240 e. The van der Waals surface area contributed by atoms with Crippen LogP contribution in [0.3, 0.4) is 0 Å². The van der Waals surface area contributed by atoms with E-state index in [1.165, 1.54) is 22.5 Å². The van der Waals surface area contributed by atoms with Gasteiger partial charge in [-0.25, -0.2) is 15.0 Å². The number of nitrogens with zero attached hydrogens (tertiary/aromatic N) is 4. The zero-order chi connectivity index (χ0) is 16.5. The molecule has 1 N–H and O–H groups in total. The number of aromatic nitrogens is 3. The molecule has 1 aliphatic rings. The van der Waals surface area contributed by atoms with Gasteiger partial charge in [-0.05, 0) is 36.6 Å². The van der Waals surface area contributed by atoms with Gasteiger partial charge >= 0.3 is 0 Å². The topological polar surface area (TPSA) is 71.0 Å². The minimum Gasteiger partial charge on any atom is -0.301 e. The average Bonchev–Trinajstić information content (AvgIpc) is 2.95. The van der Waals surface area contributed by atoms with Crippen LogP contribution in [-0.2, 0) is 17.8 Å². The Kier molecular flexibility index (Phi) is 3.95. The Morgan fingerprint density at radius 3 is 3.25 bits per heavy atom. The number of hydrogen-bond acceptors (Lipinski definition) is 6.